The summed E-state index contributed by atoms with van der Waals surface area (Å²) >= 11 is 0. The molecule has 4 fully saturated rings. The third-order valence-electron chi connectivity index (χ3n) is 8.65. The molecule has 6 rings (SSSR count). The van der Waals surface area contributed by atoms with Crippen LogP contribution in [0.4, 0.5) is 0 Å². The van der Waals surface area contributed by atoms with Gasteiger partial charge in [0.05, 0.1) is 19.1 Å². The summed E-state index contributed by atoms with van der Waals surface area (Å²) in [7, 11) is 1.57. The molecule has 1 aromatic heterocycles. The highest BCUT2D eigenvalue weighted by Crippen LogP contribution is 2.59. The van der Waals surface area contributed by atoms with Crippen LogP contribution in [-0.4, -0.2) is 52.7 Å². The zero-order valence-corrected chi connectivity index (χ0v) is 19.9. The number of methoxy groups -OCH3 is 1. The predicted octanol–water partition coefficient (Wildman–Crippen LogP) is 1.17. The molecule has 2 bridgehead atoms. The number of aromatic amines is 1. The van der Waals surface area contributed by atoms with Crippen molar-refractivity contribution in [1.29, 1.82) is 5.26 Å². The fourth-order valence-electron chi connectivity index (χ4n) is 6.82. The predicted molar refractivity (Wildman–Crippen MR) is 127 cm³/mol. The number of hydrogen-bond donors (Lipinski definition) is 5. The number of hydrogen-bond acceptors (Lipinski definition) is 6. The standard InChI is InChI=1S/C26H29N5O5/c1-36-19-4-2-3-16-14(19)9-18(28-16)22(32)29-17(7-12-5-6-12)23(33)31-26(11-27)10-13-8-15(26)21-20(13)24(34)30-25(21)35/h2-4,9,12-13,15,17,20-21,24,28,34H,5-8,10H2,1H3,(H,29,32)(H,30,35)(H,31,33). The van der Waals surface area contributed by atoms with Gasteiger partial charge < -0.3 is 30.8 Å². The zero-order chi connectivity index (χ0) is 25.2. The van der Waals surface area contributed by atoms with E-state index in [2.05, 4.69) is 27.0 Å². The minimum atomic E-state index is -1.19. The van der Waals surface area contributed by atoms with Crippen molar-refractivity contribution in [2.24, 2.45) is 29.6 Å². The SMILES string of the molecule is COc1cccc2[nH]c(C(=O)NC(CC3CC3)C(=O)NC3(C#N)CC4CC3C3C(=O)NC(O)C43)cc12. The van der Waals surface area contributed by atoms with Crippen LogP contribution in [0.15, 0.2) is 24.3 Å². The summed E-state index contributed by atoms with van der Waals surface area (Å²) in [5, 5.41) is 29.6. The number of H-pyrrole nitrogens is 1. The number of nitrogens with one attached hydrogen (secondary N) is 4. The van der Waals surface area contributed by atoms with Gasteiger partial charge in [-0.3, -0.25) is 14.4 Å². The molecule has 3 saturated carbocycles. The highest BCUT2D eigenvalue weighted by molar-refractivity contribution is 6.01. The van der Waals surface area contributed by atoms with Crippen molar-refractivity contribution in [2.45, 2.75) is 49.9 Å². The van der Waals surface area contributed by atoms with Crippen LogP contribution < -0.4 is 20.7 Å². The van der Waals surface area contributed by atoms with E-state index in [1.807, 2.05) is 18.2 Å². The maximum absolute atomic E-state index is 13.5. The quantitative estimate of drug-likeness (QED) is 0.391. The van der Waals surface area contributed by atoms with Crippen LogP contribution in [0.1, 0.15) is 42.6 Å². The Morgan fingerprint density at radius 2 is 2.17 bits per heavy atom. The number of amides is 3. The molecule has 5 N–H and O–H groups in total. The summed E-state index contributed by atoms with van der Waals surface area (Å²) in [6.07, 6.45) is 2.59. The lowest BCUT2D eigenvalue weighted by Gasteiger charge is -2.38. The van der Waals surface area contributed by atoms with Gasteiger partial charge in [-0.05, 0) is 49.3 Å². The Morgan fingerprint density at radius 1 is 1.36 bits per heavy atom. The summed E-state index contributed by atoms with van der Waals surface area (Å²) < 4.78 is 5.38. The van der Waals surface area contributed by atoms with Gasteiger partial charge in [0, 0.05) is 22.7 Å². The number of ether oxygens (including phenoxy) is 1. The van der Waals surface area contributed by atoms with Crippen molar-refractivity contribution in [3.63, 3.8) is 0 Å². The van der Waals surface area contributed by atoms with Crippen molar-refractivity contribution in [3.05, 3.63) is 30.0 Å². The largest absolute Gasteiger partial charge is 0.496 e. The van der Waals surface area contributed by atoms with Crippen molar-refractivity contribution in [3.8, 4) is 11.8 Å². The molecular weight excluding hydrogens is 462 g/mol. The zero-order valence-electron chi connectivity index (χ0n) is 19.9. The molecule has 2 aromatic rings. The molecule has 36 heavy (non-hydrogen) atoms. The van der Waals surface area contributed by atoms with Crippen LogP contribution in [-0.2, 0) is 9.59 Å². The second-order valence-electron chi connectivity index (χ2n) is 10.7. The molecule has 1 aliphatic heterocycles. The van der Waals surface area contributed by atoms with Gasteiger partial charge >= 0.3 is 0 Å². The number of fused-ring (bicyclic) bond motifs is 6. The second-order valence-corrected chi connectivity index (χ2v) is 10.7. The van der Waals surface area contributed by atoms with E-state index in [1.54, 1.807) is 13.2 Å². The summed E-state index contributed by atoms with van der Waals surface area (Å²) in [4.78, 5) is 42.3. The van der Waals surface area contributed by atoms with Gasteiger partial charge in [-0.2, -0.15) is 5.26 Å². The fraction of sp³-hybridized carbons (Fsp3) is 0.538. The lowest BCUT2D eigenvalue weighted by atomic mass is 9.70. The van der Waals surface area contributed by atoms with Crippen molar-refractivity contribution in [2.75, 3.05) is 7.11 Å². The van der Waals surface area contributed by atoms with E-state index in [-0.39, 0.29) is 23.7 Å². The van der Waals surface area contributed by atoms with Gasteiger partial charge in [0.25, 0.3) is 5.91 Å². The summed E-state index contributed by atoms with van der Waals surface area (Å²) in [6.45, 7) is 0. The number of aliphatic hydroxyl groups excluding tert-OH is 1. The molecule has 7 unspecified atom stereocenters. The van der Waals surface area contributed by atoms with Gasteiger partial charge in [0.2, 0.25) is 11.8 Å². The first-order valence-electron chi connectivity index (χ1n) is 12.5. The van der Waals surface area contributed by atoms with Crippen LogP contribution >= 0.6 is 0 Å². The Kier molecular flexibility index (Phi) is 5.23. The highest BCUT2D eigenvalue weighted by atomic mass is 16.5. The molecule has 0 spiro atoms. The second kappa shape index (κ2) is 8.23. The van der Waals surface area contributed by atoms with Gasteiger partial charge in [-0.1, -0.05) is 18.9 Å². The number of nitriles is 1. The average Bonchev–Trinajstić information content (AvgIpc) is 3.19. The van der Waals surface area contributed by atoms with E-state index in [0.29, 0.717) is 36.6 Å². The third kappa shape index (κ3) is 3.53. The lowest BCUT2D eigenvalue weighted by Crippen LogP contribution is -2.59. The normalized spacial score (nSPS) is 33.0. The molecule has 4 aliphatic rings. The van der Waals surface area contributed by atoms with Crippen LogP contribution in [0.5, 0.6) is 5.75 Å². The molecule has 0 radical (unpaired) electrons. The monoisotopic (exact) mass is 491 g/mol. The van der Waals surface area contributed by atoms with E-state index in [4.69, 9.17) is 4.74 Å². The number of nitrogens with zero attached hydrogens (tertiary/aromatic N) is 1. The summed E-state index contributed by atoms with van der Waals surface area (Å²) in [6, 6.07) is 8.68. The molecule has 1 aromatic carbocycles. The number of aromatic nitrogens is 1. The van der Waals surface area contributed by atoms with Crippen LogP contribution in [0.3, 0.4) is 0 Å². The summed E-state index contributed by atoms with van der Waals surface area (Å²) in [5.74, 6) is -1.18. The van der Waals surface area contributed by atoms with Gasteiger partial charge in [0.15, 0.2) is 0 Å². The molecule has 2 heterocycles. The number of benzene rings is 1. The number of carbonyl (C=O) groups is 3. The van der Waals surface area contributed by atoms with E-state index in [1.165, 1.54) is 0 Å². The number of rotatable bonds is 7. The Hall–Kier alpha value is -3.58. The summed E-state index contributed by atoms with van der Waals surface area (Å²) in [5.41, 5.74) is -0.122. The molecule has 3 amide bonds. The van der Waals surface area contributed by atoms with Crippen LogP contribution in [0, 0.1) is 40.9 Å². The molecule has 10 heteroatoms. The third-order valence-corrected chi connectivity index (χ3v) is 8.65. The van der Waals surface area contributed by atoms with Gasteiger partial charge in [-0.15, -0.1) is 0 Å². The first-order valence-corrected chi connectivity index (χ1v) is 12.5. The topological polar surface area (TPSA) is 156 Å². The number of carbonyl (C=O) groups excluding carboxylic acids is 3. The van der Waals surface area contributed by atoms with Crippen LogP contribution in [0.25, 0.3) is 10.9 Å². The van der Waals surface area contributed by atoms with E-state index in [0.717, 1.165) is 23.7 Å². The molecule has 3 aliphatic carbocycles. The Morgan fingerprint density at radius 3 is 2.89 bits per heavy atom. The Bertz CT molecular complexity index is 1300. The first kappa shape index (κ1) is 22.9. The fourth-order valence-corrected chi connectivity index (χ4v) is 6.82. The van der Waals surface area contributed by atoms with Crippen molar-refractivity contribution < 1.29 is 24.2 Å². The Balaban J connectivity index is 1.21. The minimum Gasteiger partial charge on any atom is -0.496 e. The van der Waals surface area contributed by atoms with Crippen molar-refractivity contribution >= 4 is 28.6 Å². The average molecular weight is 492 g/mol. The molecule has 7 atom stereocenters. The molecule has 1 saturated heterocycles. The highest BCUT2D eigenvalue weighted by Gasteiger charge is 2.67. The lowest BCUT2D eigenvalue weighted by molar-refractivity contribution is -0.129. The van der Waals surface area contributed by atoms with Gasteiger partial charge in [0.1, 0.15) is 29.3 Å². The Labute approximate surface area is 207 Å². The molecule has 188 valence electrons. The van der Waals surface area contributed by atoms with Gasteiger partial charge in [-0.25, -0.2) is 0 Å². The molecular formula is C26H29N5O5. The molecule has 10 nitrogen and oxygen atoms in total. The first-order chi connectivity index (χ1) is 17.3. The maximum atomic E-state index is 13.5. The minimum absolute atomic E-state index is 0.0216. The number of aliphatic hydroxyl groups is 1. The van der Waals surface area contributed by atoms with Crippen molar-refractivity contribution in [1.82, 2.24) is 20.9 Å². The van der Waals surface area contributed by atoms with E-state index in [9.17, 15) is 24.8 Å². The van der Waals surface area contributed by atoms with E-state index >= 15 is 0 Å². The van der Waals surface area contributed by atoms with Crippen LogP contribution in [0.2, 0.25) is 0 Å². The smallest absolute Gasteiger partial charge is 0.268 e. The maximum Gasteiger partial charge on any atom is 0.268 e. The van der Waals surface area contributed by atoms with E-state index < -0.39 is 35.5 Å².